The lowest BCUT2D eigenvalue weighted by Crippen LogP contribution is -2.39. The highest BCUT2D eigenvalue weighted by Gasteiger charge is 2.24. The molecule has 1 fully saturated rings. The van der Waals surface area contributed by atoms with Gasteiger partial charge in [-0.3, -0.25) is 4.79 Å². The van der Waals surface area contributed by atoms with Gasteiger partial charge in [0.2, 0.25) is 0 Å². The Kier molecular flexibility index (Phi) is 4.45. The van der Waals surface area contributed by atoms with Crippen molar-refractivity contribution in [2.45, 2.75) is 12.8 Å². The summed E-state index contributed by atoms with van der Waals surface area (Å²) in [5, 5.41) is 18.8. The minimum Gasteiger partial charge on any atom is -0.507 e. The van der Waals surface area contributed by atoms with E-state index in [1.54, 1.807) is 23.1 Å². The summed E-state index contributed by atoms with van der Waals surface area (Å²) in [6.45, 7) is 1.49. The number of hydrogen-bond acceptors (Lipinski definition) is 3. The van der Waals surface area contributed by atoms with Gasteiger partial charge in [0.1, 0.15) is 5.75 Å². The third-order valence-corrected chi connectivity index (χ3v) is 4.02. The number of benzene rings is 1. The lowest BCUT2D eigenvalue weighted by molar-refractivity contribution is 0.0648. The van der Waals surface area contributed by atoms with E-state index in [-0.39, 0.29) is 18.3 Å². The van der Waals surface area contributed by atoms with Crippen LogP contribution in [0.5, 0.6) is 5.75 Å². The number of nitrogens with zero attached hydrogens (tertiary/aromatic N) is 1. The third kappa shape index (κ3) is 2.95. The molecule has 0 spiro atoms. The number of aliphatic hydroxyl groups excluding tert-OH is 1. The molecular formula is C13H16INO3. The molecule has 5 heteroatoms. The Balaban J connectivity index is 2.10. The maximum atomic E-state index is 12.3. The van der Waals surface area contributed by atoms with Crippen LogP contribution in [0.15, 0.2) is 18.2 Å². The summed E-state index contributed by atoms with van der Waals surface area (Å²) in [7, 11) is 0. The van der Waals surface area contributed by atoms with Crippen molar-refractivity contribution in [3.05, 3.63) is 27.3 Å². The second-order valence-corrected chi connectivity index (χ2v) is 5.83. The zero-order chi connectivity index (χ0) is 13.1. The Morgan fingerprint density at radius 2 is 2.06 bits per heavy atom. The number of rotatable bonds is 2. The third-order valence-electron chi connectivity index (χ3n) is 3.35. The number of aliphatic hydroxyl groups is 1. The van der Waals surface area contributed by atoms with Crippen molar-refractivity contribution in [3.8, 4) is 5.75 Å². The highest BCUT2D eigenvalue weighted by atomic mass is 127. The first-order chi connectivity index (χ1) is 8.61. The van der Waals surface area contributed by atoms with Crippen LogP contribution in [0.3, 0.4) is 0 Å². The summed E-state index contributed by atoms with van der Waals surface area (Å²) in [5.74, 6) is 0.214. The molecule has 0 aromatic heterocycles. The topological polar surface area (TPSA) is 60.8 Å². The summed E-state index contributed by atoms with van der Waals surface area (Å²) < 4.78 is 0.930. The van der Waals surface area contributed by atoms with Crippen LogP contribution in [0.1, 0.15) is 23.2 Å². The lowest BCUT2D eigenvalue weighted by atomic mass is 9.97. The predicted molar refractivity (Wildman–Crippen MR) is 76.5 cm³/mol. The van der Waals surface area contributed by atoms with E-state index in [0.717, 1.165) is 16.4 Å². The zero-order valence-corrected chi connectivity index (χ0v) is 12.1. The SMILES string of the molecule is O=C(c1cc(I)ccc1O)N1CCC(CO)CC1. The largest absolute Gasteiger partial charge is 0.507 e. The van der Waals surface area contributed by atoms with Crippen LogP contribution < -0.4 is 0 Å². The second-order valence-electron chi connectivity index (χ2n) is 4.58. The number of amides is 1. The maximum absolute atomic E-state index is 12.3. The van der Waals surface area contributed by atoms with Crippen molar-refractivity contribution < 1.29 is 15.0 Å². The molecule has 1 heterocycles. The number of halogens is 1. The summed E-state index contributed by atoms with van der Waals surface area (Å²) in [5.41, 5.74) is 0.365. The van der Waals surface area contributed by atoms with Crippen LogP contribution in [-0.2, 0) is 0 Å². The molecule has 1 saturated heterocycles. The molecule has 1 aliphatic heterocycles. The van der Waals surface area contributed by atoms with Crippen molar-refractivity contribution in [3.63, 3.8) is 0 Å². The zero-order valence-electron chi connectivity index (χ0n) is 9.97. The van der Waals surface area contributed by atoms with Crippen molar-refractivity contribution in [1.29, 1.82) is 0 Å². The monoisotopic (exact) mass is 361 g/mol. The summed E-state index contributed by atoms with van der Waals surface area (Å²) in [6, 6.07) is 5.02. The smallest absolute Gasteiger partial charge is 0.257 e. The number of likely N-dealkylation sites (tertiary alicyclic amines) is 1. The second kappa shape index (κ2) is 5.88. The Morgan fingerprint density at radius 1 is 1.39 bits per heavy atom. The quantitative estimate of drug-likeness (QED) is 0.791. The number of carbonyl (C=O) groups excluding carboxylic acids is 1. The van der Waals surface area contributed by atoms with Crippen molar-refractivity contribution in [2.24, 2.45) is 5.92 Å². The van der Waals surface area contributed by atoms with Crippen LogP contribution in [0, 0.1) is 9.49 Å². The van der Waals surface area contributed by atoms with E-state index in [1.165, 1.54) is 0 Å². The van der Waals surface area contributed by atoms with Gasteiger partial charge in [0, 0.05) is 23.3 Å². The molecule has 2 N–H and O–H groups in total. The van der Waals surface area contributed by atoms with Gasteiger partial charge in [-0.15, -0.1) is 0 Å². The highest BCUT2D eigenvalue weighted by Crippen LogP contribution is 2.24. The molecule has 18 heavy (non-hydrogen) atoms. The molecule has 1 amide bonds. The first-order valence-electron chi connectivity index (χ1n) is 6.00. The molecule has 4 nitrogen and oxygen atoms in total. The van der Waals surface area contributed by atoms with Crippen LogP contribution in [-0.4, -0.2) is 40.7 Å². The van der Waals surface area contributed by atoms with Gasteiger partial charge in [-0.1, -0.05) is 0 Å². The number of piperidine rings is 1. The van der Waals surface area contributed by atoms with E-state index < -0.39 is 0 Å². The van der Waals surface area contributed by atoms with Gasteiger partial charge in [0.05, 0.1) is 5.56 Å². The molecular weight excluding hydrogens is 345 g/mol. The van der Waals surface area contributed by atoms with Gasteiger partial charge in [0.15, 0.2) is 0 Å². The van der Waals surface area contributed by atoms with Gasteiger partial charge < -0.3 is 15.1 Å². The first-order valence-corrected chi connectivity index (χ1v) is 7.08. The van der Waals surface area contributed by atoms with Crippen molar-refractivity contribution in [2.75, 3.05) is 19.7 Å². The molecule has 1 aliphatic rings. The van der Waals surface area contributed by atoms with Gasteiger partial charge in [-0.2, -0.15) is 0 Å². The molecule has 1 aromatic rings. The Morgan fingerprint density at radius 3 is 2.67 bits per heavy atom. The minimum absolute atomic E-state index is 0.0321. The summed E-state index contributed by atoms with van der Waals surface area (Å²) in [4.78, 5) is 14.0. The molecule has 0 atom stereocenters. The molecule has 1 aromatic carbocycles. The number of hydrogen-bond donors (Lipinski definition) is 2. The number of phenols is 1. The van der Waals surface area contributed by atoms with Gasteiger partial charge in [-0.25, -0.2) is 0 Å². The van der Waals surface area contributed by atoms with Crippen LogP contribution in [0.4, 0.5) is 0 Å². The Labute approximate surface area is 120 Å². The Hall–Kier alpha value is -0.820. The fourth-order valence-electron chi connectivity index (χ4n) is 2.17. The molecule has 0 saturated carbocycles. The Bertz CT molecular complexity index is 442. The molecule has 0 radical (unpaired) electrons. The van der Waals surface area contributed by atoms with E-state index in [2.05, 4.69) is 22.6 Å². The molecule has 0 bridgehead atoms. The number of aromatic hydroxyl groups is 1. The highest BCUT2D eigenvalue weighted by molar-refractivity contribution is 14.1. The fourth-order valence-corrected chi connectivity index (χ4v) is 2.66. The first kappa shape index (κ1) is 13.6. The molecule has 0 unspecified atom stereocenters. The van der Waals surface area contributed by atoms with Crippen molar-refractivity contribution in [1.82, 2.24) is 4.90 Å². The van der Waals surface area contributed by atoms with E-state index in [0.29, 0.717) is 24.6 Å². The van der Waals surface area contributed by atoms with Gasteiger partial charge in [0.25, 0.3) is 5.91 Å². The minimum atomic E-state index is -0.123. The average molecular weight is 361 g/mol. The van der Waals surface area contributed by atoms with E-state index in [1.807, 2.05) is 0 Å². The normalized spacial score (nSPS) is 16.9. The standard InChI is InChI=1S/C13H16INO3/c14-10-1-2-12(17)11(7-10)13(18)15-5-3-9(8-16)4-6-15/h1-2,7,9,16-17H,3-6,8H2. The van der Waals surface area contributed by atoms with E-state index in [4.69, 9.17) is 5.11 Å². The maximum Gasteiger partial charge on any atom is 0.257 e. The fraction of sp³-hybridized carbons (Fsp3) is 0.462. The summed E-state index contributed by atoms with van der Waals surface area (Å²) >= 11 is 2.12. The average Bonchev–Trinajstić information content (AvgIpc) is 2.41. The summed E-state index contributed by atoms with van der Waals surface area (Å²) in [6.07, 6.45) is 1.65. The van der Waals surface area contributed by atoms with Crippen LogP contribution in [0.25, 0.3) is 0 Å². The molecule has 2 rings (SSSR count). The van der Waals surface area contributed by atoms with Crippen LogP contribution >= 0.6 is 22.6 Å². The number of carbonyl (C=O) groups is 1. The predicted octanol–water partition coefficient (Wildman–Crippen LogP) is 1.84. The number of phenolic OH excluding ortho intramolecular Hbond substituents is 1. The van der Waals surface area contributed by atoms with Gasteiger partial charge in [-0.05, 0) is 59.5 Å². The van der Waals surface area contributed by atoms with Crippen LogP contribution in [0.2, 0.25) is 0 Å². The van der Waals surface area contributed by atoms with E-state index in [9.17, 15) is 9.90 Å². The molecule has 0 aliphatic carbocycles. The van der Waals surface area contributed by atoms with E-state index >= 15 is 0 Å². The van der Waals surface area contributed by atoms with Crippen molar-refractivity contribution >= 4 is 28.5 Å². The lowest BCUT2D eigenvalue weighted by Gasteiger charge is -2.31. The molecule has 98 valence electrons. The van der Waals surface area contributed by atoms with Gasteiger partial charge >= 0.3 is 0 Å².